The number of nitrogens with one attached hydrogen (secondary N) is 1. The summed E-state index contributed by atoms with van der Waals surface area (Å²) in [5.41, 5.74) is -0.810. The molecule has 0 aromatic heterocycles. The quantitative estimate of drug-likeness (QED) is 0.830. The van der Waals surface area contributed by atoms with Crippen LogP contribution in [-0.2, 0) is 9.53 Å². The van der Waals surface area contributed by atoms with Gasteiger partial charge in [-0.1, -0.05) is 13.8 Å². The maximum absolute atomic E-state index is 12.1. The fourth-order valence-corrected chi connectivity index (χ4v) is 2.14. The highest BCUT2D eigenvalue weighted by Gasteiger charge is 2.32. The maximum Gasteiger partial charge on any atom is 0.235 e. The smallest absolute Gasteiger partial charge is 0.235 e. The minimum atomic E-state index is -0.810. The number of morpholine rings is 1. The van der Waals surface area contributed by atoms with Crippen molar-refractivity contribution in [2.75, 3.05) is 19.8 Å². The first-order valence-electron chi connectivity index (χ1n) is 6.86. The van der Waals surface area contributed by atoms with Gasteiger partial charge in [-0.05, 0) is 26.7 Å². The Hall–Kier alpha value is -1.12. The number of hydrogen-bond acceptors (Lipinski definition) is 4. The van der Waals surface area contributed by atoms with Crippen LogP contribution in [0, 0.1) is 17.2 Å². The Morgan fingerprint density at radius 2 is 2.00 bits per heavy atom. The number of rotatable bonds is 4. The molecule has 0 bridgehead atoms. The van der Waals surface area contributed by atoms with E-state index in [0.29, 0.717) is 19.8 Å². The number of carbonyl (C=O) groups excluding carboxylic acids is 1. The van der Waals surface area contributed by atoms with Gasteiger partial charge in [0.1, 0.15) is 5.54 Å². The Balaban J connectivity index is 2.62. The van der Waals surface area contributed by atoms with Crippen LogP contribution >= 0.6 is 0 Å². The third-order valence-electron chi connectivity index (χ3n) is 3.96. The van der Waals surface area contributed by atoms with Crippen molar-refractivity contribution >= 4 is 5.91 Å². The van der Waals surface area contributed by atoms with Crippen LogP contribution in [0.1, 0.15) is 34.6 Å². The molecule has 0 aromatic carbocycles. The molecule has 1 heterocycles. The lowest BCUT2D eigenvalue weighted by Gasteiger charge is -2.39. The summed E-state index contributed by atoms with van der Waals surface area (Å²) in [5.74, 6) is -0.0284. The second-order valence-corrected chi connectivity index (χ2v) is 5.92. The molecule has 3 atom stereocenters. The first-order chi connectivity index (χ1) is 8.80. The summed E-state index contributed by atoms with van der Waals surface area (Å²) in [6.07, 6.45) is 0. The zero-order chi connectivity index (χ0) is 14.6. The van der Waals surface area contributed by atoms with E-state index in [1.54, 1.807) is 6.92 Å². The van der Waals surface area contributed by atoms with Crippen LogP contribution in [0.25, 0.3) is 0 Å². The van der Waals surface area contributed by atoms with Crippen LogP contribution in [0.5, 0.6) is 0 Å². The van der Waals surface area contributed by atoms with E-state index in [9.17, 15) is 10.1 Å². The van der Waals surface area contributed by atoms with Crippen molar-refractivity contribution in [2.45, 2.75) is 52.2 Å². The SMILES string of the molecule is CC(C)[C@@](C)(C#N)NC(=O)CN1[C@H](C)COC[C@H]1C. The fraction of sp³-hybridized carbons (Fsp3) is 0.857. The number of carbonyl (C=O) groups is 1. The molecule has 0 aliphatic carbocycles. The molecule has 108 valence electrons. The van der Waals surface area contributed by atoms with Crippen molar-refractivity contribution in [3.8, 4) is 6.07 Å². The summed E-state index contributed by atoms with van der Waals surface area (Å²) in [6, 6.07) is 2.64. The molecule has 1 aliphatic heterocycles. The Kier molecular flexibility index (Phi) is 5.33. The molecule has 1 aliphatic rings. The predicted octanol–water partition coefficient (Wildman–Crippen LogP) is 1.15. The van der Waals surface area contributed by atoms with Crippen molar-refractivity contribution in [2.24, 2.45) is 5.92 Å². The van der Waals surface area contributed by atoms with Gasteiger partial charge >= 0.3 is 0 Å². The monoisotopic (exact) mass is 267 g/mol. The van der Waals surface area contributed by atoms with Gasteiger partial charge in [0.25, 0.3) is 0 Å². The molecule has 0 spiro atoms. The minimum absolute atomic E-state index is 0.0704. The lowest BCUT2D eigenvalue weighted by molar-refractivity contribution is -0.127. The van der Waals surface area contributed by atoms with E-state index in [0.717, 1.165) is 0 Å². The van der Waals surface area contributed by atoms with Gasteiger partial charge in [0, 0.05) is 12.1 Å². The Morgan fingerprint density at radius 1 is 1.47 bits per heavy atom. The molecule has 1 saturated heterocycles. The Morgan fingerprint density at radius 3 is 2.42 bits per heavy atom. The molecule has 5 heteroatoms. The van der Waals surface area contributed by atoms with Gasteiger partial charge in [-0.3, -0.25) is 9.69 Å². The zero-order valence-electron chi connectivity index (χ0n) is 12.6. The molecule has 1 amide bonds. The lowest BCUT2D eigenvalue weighted by Crippen LogP contribution is -2.56. The van der Waals surface area contributed by atoms with Gasteiger partial charge in [-0.2, -0.15) is 5.26 Å². The van der Waals surface area contributed by atoms with Crippen LogP contribution < -0.4 is 5.32 Å². The highest BCUT2D eigenvalue weighted by atomic mass is 16.5. The molecule has 0 saturated carbocycles. The van der Waals surface area contributed by atoms with E-state index in [1.807, 2.05) is 13.8 Å². The average Bonchev–Trinajstić information content (AvgIpc) is 2.33. The lowest BCUT2D eigenvalue weighted by atomic mass is 9.90. The number of nitrogens with zero attached hydrogens (tertiary/aromatic N) is 2. The van der Waals surface area contributed by atoms with Gasteiger partial charge in [-0.25, -0.2) is 0 Å². The number of hydrogen-bond donors (Lipinski definition) is 1. The number of nitriles is 1. The summed E-state index contributed by atoms with van der Waals surface area (Å²) in [6.45, 7) is 11.3. The van der Waals surface area contributed by atoms with Crippen LogP contribution in [0.2, 0.25) is 0 Å². The summed E-state index contributed by atoms with van der Waals surface area (Å²) in [7, 11) is 0. The van der Waals surface area contributed by atoms with Crippen LogP contribution in [0.15, 0.2) is 0 Å². The van der Waals surface area contributed by atoms with E-state index in [2.05, 4.69) is 30.1 Å². The summed E-state index contributed by atoms with van der Waals surface area (Å²) in [4.78, 5) is 14.3. The number of amides is 1. The van der Waals surface area contributed by atoms with Crippen LogP contribution in [-0.4, -0.2) is 48.2 Å². The number of ether oxygens (including phenoxy) is 1. The highest BCUT2D eigenvalue weighted by Crippen LogP contribution is 2.16. The molecule has 1 fully saturated rings. The molecule has 19 heavy (non-hydrogen) atoms. The molecule has 1 rings (SSSR count). The van der Waals surface area contributed by atoms with Gasteiger partial charge in [-0.15, -0.1) is 0 Å². The standard InChI is InChI=1S/C14H25N3O2/c1-10(2)14(5,9-15)16-13(18)6-17-11(3)7-19-8-12(17)4/h10-12H,6-8H2,1-5H3,(H,16,18)/t11-,12-,14-/m1/s1. The van der Waals surface area contributed by atoms with Gasteiger partial charge < -0.3 is 10.1 Å². The molecule has 0 aromatic rings. The topological polar surface area (TPSA) is 65.4 Å². The van der Waals surface area contributed by atoms with E-state index in [4.69, 9.17) is 4.74 Å². The second-order valence-electron chi connectivity index (χ2n) is 5.92. The highest BCUT2D eigenvalue weighted by molar-refractivity contribution is 5.79. The molecular formula is C14H25N3O2. The summed E-state index contributed by atoms with van der Waals surface area (Å²) >= 11 is 0. The summed E-state index contributed by atoms with van der Waals surface area (Å²) in [5, 5.41) is 12.1. The minimum Gasteiger partial charge on any atom is -0.378 e. The fourth-order valence-electron chi connectivity index (χ4n) is 2.14. The molecule has 1 N–H and O–H groups in total. The average molecular weight is 267 g/mol. The van der Waals surface area contributed by atoms with Crippen molar-refractivity contribution in [1.29, 1.82) is 5.26 Å². The molecule has 0 unspecified atom stereocenters. The van der Waals surface area contributed by atoms with Crippen molar-refractivity contribution in [3.63, 3.8) is 0 Å². The Labute approximate surface area is 115 Å². The predicted molar refractivity (Wildman–Crippen MR) is 73.4 cm³/mol. The Bertz CT molecular complexity index is 354. The van der Waals surface area contributed by atoms with E-state index < -0.39 is 5.54 Å². The van der Waals surface area contributed by atoms with Crippen molar-refractivity contribution < 1.29 is 9.53 Å². The molecular weight excluding hydrogens is 242 g/mol. The third-order valence-corrected chi connectivity index (χ3v) is 3.96. The first kappa shape index (κ1) is 15.9. The van der Waals surface area contributed by atoms with E-state index >= 15 is 0 Å². The van der Waals surface area contributed by atoms with Crippen molar-refractivity contribution in [1.82, 2.24) is 10.2 Å². The maximum atomic E-state index is 12.1. The van der Waals surface area contributed by atoms with Gasteiger partial charge in [0.15, 0.2) is 0 Å². The summed E-state index contributed by atoms with van der Waals surface area (Å²) < 4.78 is 5.44. The van der Waals surface area contributed by atoms with E-state index in [-0.39, 0.29) is 23.9 Å². The normalized spacial score (nSPS) is 27.6. The van der Waals surface area contributed by atoms with Gasteiger partial charge in [0.2, 0.25) is 5.91 Å². The zero-order valence-corrected chi connectivity index (χ0v) is 12.6. The van der Waals surface area contributed by atoms with Crippen molar-refractivity contribution in [3.05, 3.63) is 0 Å². The molecule has 0 radical (unpaired) electrons. The second kappa shape index (κ2) is 6.36. The van der Waals surface area contributed by atoms with Gasteiger partial charge in [0.05, 0.1) is 25.8 Å². The largest absolute Gasteiger partial charge is 0.378 e. The van der Waals surface area contributed by atoms with Crippen LogP contribution in [0.3, 0.4) is 0 Å². The third kappa shape index (κ3) is 3.92. The first-order valence-corrected chi connectivity index (χ1v) is 6.86. The molecule has 5 nitrogen and oxygen atoms in total. The van der Waals surface area contributed by atoms with E-state index in [1.165, 1.54) is 0 Å². The van der Waals surface area contributed by atoms with Crippen LogP contribution in [0.4, 0.5) is 0 Å².